The van der Waals surface area contributed by atoms with Gasteiger partial charge in [-0.2, -0.15) is 0 Å². The topological polar surface area (TPSA) is 129 Å². The van der Waals surface area contributed by atoms with E-state index in [-0.39, 0.29) is 21.8 Å². The lowest BCUT2D eigenvalue weighted by Crippen LogP contribution is -2.17. The molecule has 1 aliphatic heterocycles. The van der Waals surface area contributed by atoms with Crippen molar-refractivity contribution in [2.75, 3.05) is 36.1 Å². The van der Waals surface area contributed by atoms with Crippen LogP contribution in [0.4, 0.5) is 11.4 Å². The van der Waals surface area contributed by atoms with Crippen molar-refractivity contribution in [3.8, 4) is 17.2 Å². The van der Waals surface area contributed by atoms with Crippen molar-refractivity contribution in [1.82, 2.24) is 4.98 Å². The molecular weight excluding hydrogens is 506 g/mol. The third kappa shape index (κ3) is 5.34. The fourth-order valence-electron chi connectivity index (χ4n) is 3.43. The van der Waals surface area contributed by atoms with E-state index in [1.807, 2.05) is 0 Å². The Labute approximate surface area is 211 Å². The standard InChI is InChI=1S/C24H21N3O7S2/c1-31-17-5-2-15(3-6-17)27-36(29,30)18-7-9-20-19(13-18)26-24(34-20)35-14-23(28)25-16-4-8-21-22(12-16)33-11-10-32-21/h2-9,12-13,27H,10-11,14H2,1H3,(H,25,28). The smallest absolute Gasteiger partial charge is 0.261 e. The second-order valence-corrected chi connectivity index (χ2v) is 10.2. The van der Waals surface area contributed by atoms with E-state index in [4.69, 9.17) is 18.6 Å². The Morgan fingerprint density at radius 3 is 2.53 bits per heavy atom. The summed E-state index contributed by atoms with van der Waals surface area (Å²) in [7, 11) is -2.31. The van der Waals surface area contributed by atoms with Crippen LogP contribution in [0.3, 0.4) is 0 Å². The van der Waals surface area contributed by atoms with E-state index in [1.54, 1.807) is 42.5 Å². The van der Waals surface area contributed by atoms with Crippen molar-refractivity contribution in [3.63, 3.8) is 0 Å². The highest BCUT2D eigenvalue weighted by Crippen LogP contribution is 2.33. The molecule has 0 fully saturated rings. The molecule has 0 saturated heterocycles. The predicted molar refractivity (Wildman–Crippen MR) is 135 cm³/mol. The number of amides is 1. The van der Waals surface area contributed by atoms with Crippen molar-refractivity contribution < 1.29 is 31.8 Å². The molecule has 1 amide bonds. The lowest BCUT2D eigenvalue weighted by atomic mass is 10.2. The van der Waals surface area contributed by atoms with Crippen molar-refractivity contribution in [2.45, 2.75) is 10.1 Å². The van der Waals surface area contributed by atoms with Gasteiger partial charge in [0, 0.05) is 17.4 Å². The lowest BCUT2D eigenvalue weighted by molar-refractivity contribution is -0.113. The number of ether oxygens (including phenoxy) is 3. The Balaban J connectivity index is 1.23. The number of aromatic nitrogens is 1. The molecule has 0 unspecified atom stereocenters. The maximum atomic E-state index is 12.8. The summed E-state index contributed by atoms with van der Waals surface area (Å²) in [6, 6.07) is 16.1. The Morgan fingerprint density at radius 2 is 1.75 bits per heavy atom. The van der Waals surface area contributed by atoms with Crippen molar-refractivity contribution in [3.05, 3.63) is 60.7 Å². The van der Waals surface area contributed by atoms with Gasteiger partial charge in [-0.1, -0.05) is 11.8 Å². The Bertz CT molecular complexity index is 1520. The van der Waals surface area contributed by atoms with Gasteiger partial charge in [-0.15, -0.1) is 0 Å². The first kappa shape index (κ1) is 23.8. The van der Waals surface area contributed by atoms with E-state index in [2.05, 4.69) is 15.0 Å². The van der Waals surface area contributed by atoms with E-state index in [9.17, 15) is 13.2 Å². The molecule has 2 heterocycles. The Morgan fingerprint density at radius 1 is 1.00 bits per heavy atom. The zero-order valence-electron chi connectivity index (χ0n) is 19.0. The molecule has 3 aromatic carbocycles. The molecule has 0 saturated carbocycles. The van der Waals surface area contributed by atoms with Gasteiger partial charge in [-0.05, 0) is 54.6 Å². The Kier molecular flexibility index (Phi) is 6.61. The number of benzene rings is 3. The molecule has 2 N–H and O–H groups in total. The van der Waals surface area contributed by atoms with Crippen molar-refractivity contribution >= 4 is 50.2 Å². The van der Waals surface area contributed by atoms with E-state index in [1.165, 1.54) is 25.3 Å². The second kappa shape index (κ2) is 9.99. The number of methoxy groups -OCH3 is 1. The molecule has 5 rings (SSSR count). The predicted octanol–water partition coefficient (Wildman–Crippen LogP) is 4.14. The van der Waals surface area contributed by atoms with Crippen LogP contribution in [0.25, 0.3) is 11.1 Å². The lowest BCUT2D eigenvalue weighted by Gasteiger charge is -2.18. The second-order valence-electron chi connectivity index (χ2n) is 7.64. The minimum Gasteiger partial charge on any atom is -0.497 e. The summed E-state index contributed by atoms with van der Waals surface area (Å²) in [5, 5.41) is 3.05. The van der Waals surface area contributed by atoms with Crippen LogP contribution in [0, 0.1) is 0 Å². The SMILES string of the molecule is COc1ccc(NS(=O)(=O)c2ccc3oc(SCC(=O)Nc4ccc5c(c4)OCCO5)nc3c2)cc1. The number of oxazole rings is 1. The minimum atomic E-state index is -3.84. The highest BCUT2D eigenvalue weighted by Gasteiger charge is 2.18. The summed E-state index contributed by atoms with van der Waals surface area (Å²) >= 11 is 1.10. The van der Waals surface area contributed by atoms with E-state index < -0.39 is 10.0 Å². The monoisotopic (exact) mass is 527 g/mol. The molecule has 0 spiro atoms. The first-order valence-electron chi connectivity index (χ1n) is 10.8. The van der Waals surface area contributed by atoms with Crippen LogP contribution in [0.15, 0.2) is 75.2 Å². The summed E-state index contributed by atoms with van der Waals surface area (Å²) < 4.78 is 49.9. The highest BCUT2D eigenvalue weighted by atomic mass is 32.2. The summed E-state index contributed by atoms with van der Waals surface area (Å²) in [5.41, 5.74) is 1.76. The average Bonchev–Trinajstić information content (AvgIpc) is 3.30. The number of nitrogens with one attached hydrogen (secondary N) is 2. The van der Waals surface area contributed by atoms with E-state index in [0.29, 0.717) is 52.9 Å². The number of carbonyl (C=O) groups excluding carboxylic acids is 1. The van der Waals surface area contributed by atoms with Gasteiger partial charge < -0.3 is 23.9 Å². The molecule has 0 radical (unpaired) electrons. The van der Waals surface area contributed by atoms with Crippen LogP contribution in [-0.4, -0.2) is 45.4 Å². The molecule has 12 heteroatoms. The molecule has 0 atom stereocenters. The number of hydrogen-bond acceptors (Lipinski definition) is 9. The summed E-state index contributed by atoms with van der Waals surface area (Å²) in [6.07, 6.45) is 0. The van der Waals surface area contributed by atoms with Gasteiger partial charge in [0.05, 0.1) is 17.8 Å². The Hall–Kier alpha value is -3.90. The van der Waals surface area contributed by atoms with Crippen LogP contribution in [0.5, 0.6) is 17.2 Å². The molecule has 0 aliphatic carbocycles. The van der Waals surface area contributed by atoms with Crippen LogP contribution in [0.2, 0.25) is 0 Å². The number of anilines is 2. The van der Waals surface area contributed by atoms with Gasteiger partial charge in [0.2, 0.25) is 5.91 Å². The quantitative estimate of drug-likeness (QED) is 0.325. The first-order valence-corrected chi connectivity index (χ1v) is 13.3. The van der Waals surface area contributed by atoms with Crippen molar-refractivity contribution in [2.24, 2.45) is 0 Å². The summed E-state index contributed by atoms with van der Waals surface area (Å²) in [5.74, 6) is 1.63. The molecule has 4 aromatic rings. The number of carbonyl (C=O) groups is 1. The third-order valence-electron chi connectivity index (χ3n) is 5.14. The molecule has 36 heavy (non-hydrogen) atoms. The summed E-state index contributed by atoms with van der Waals surface area (Å²) in [4.78, 5) is 16.8. The number of thioether (sulfide) groups is 1. The van der Waals surface area contributed by atoms with E-state index >= 15 is 0 Å². The first-order chi connectivity index (χ1) is 17.4. The number of fused-ring (bicyclic) bond motifs is 2. The molecule has 0 bridgehead atoms. The van der Waals surface area contributed by atoms with Gasteiger partial charge >= 0.3 is 0 Å². The van der Waals surface area contributed by atoms with E-state index in [0.717, 1.165) is 11.8 Å². The normalized spacial score (nSPS) is 12.8. The molecule has 186 valence electrons. The van der Waals surface area contributed by atoms with Crippen LogP contribution < -0.4 is 24.2 Å². The average molecular weight is 528 g/mol. The van der Waals surface area contributed by atoms with Gasteiger partial charge in [0.25, 0.3) is 15.2 Å². The number of hydrogen-bond donors (Lipinski definition) is 2. The largest absolute Gasteiger partial charge is 0.497 e. The highest BCUT2D eigenvalue weighted by molar-refractivity contribution is 7.99. The third-order valence-corrected chi connectivity index (χ3v) is 7.35. The fraction of sp³-hybridized carbons (Fsp3) is 0.167. The zero-order valence-corrected chi connectivity index (χ0v) is 20.6. The molecular formula is C24H21N3O7S2. The van der Waals surface area contributed by atoms with Gasteiger partial charge in [0.1, 0.15) is 24.5 Å². The van der Waals surface area contributed by atoms with Crippen LogP contribution in [0.1, 0.15) is 0 Å². The van der Waals surface area contributed by atoms with Gasteiger partial charge in [-0.3, -0.25) is 9.52 Å². The zero-order chi connectivity index (χ0) is 25.1. The number of sulfonamides is 1. The van der Waals surface area contributed by atoms with Crippen LogP contribution in [-0.2, 0) is 14.8 Å². The summed E-state index contributed by atoms with van der Waals surface area (Å²) in [6.45, 7) is 0.949. The van der Waals surface area contributed by atoms with Gasteiger partial charge in [-0.25, -0.2) is 13.4 Å². The van der Waals surface area contributed by atoms with Crippen molar-refractivity contribution in [1.29, 1.82) is 0 Å². The minimum absolute atomic E-state index is 0.0343. The number of rotatable bonds is 8. The fourth-order valence-corrected chi connectivity index (χ4v) is 5.15. The maximum absolute atomic E-state index is 12.8. The molecule has 1 aromatic heterocycles. The van der Waals surface area contributed by atoms with Gasteiger partial charge in [0.15, 0.2) is 17.1 Å². The maximum Gasteiger partial charge on any atom is 0.261 e. The molecule has 10 nitrogen and oxygen atoms in total. The molecule has 1 aliphatic rings. The number of nitrogens with zero attached hydrogens (tertiary/aromatic N) is 1. The van der Waals surface area contributed by atoms with Crippen LogP contribution >= 0.6 is 11.8 Å².